The van der Waals surface area contributed by atoms with Crippen LogP contribution in [0.2, 0.25) is 0 Å². The van der Waals surface area contributed by atoms with Gasteiger partial charge in [-0.1, -0.05) is 15.9 Å². The molecule has 1 heterocycles. The first-order valence-electron chi connectivity index (χ1n) is 7.33. The van der Waals surface area contributed by atoms with Crippen molar-refractivity contribution in [3.8, 4) is 0 Å². The zero-order chi connectivity index (χ0) is 19.5. The van der Waals surface area contributed by atoms with Gasteiger partial charge in [0, 0.05) is 16.1 Å². The molecule has 0 amide bonds. The number of hydrogen-bond acceptors (Lipinski definition) is 6. The number of rotatable bonds is 7. The van der Waals surface area contributed by atoms with Crippen LogP contribution >= 0.6 is 15.9 Å². The fourth-order valence-electron chi connectivity index (χ4n) is 2.31. The zero-order valence-electron chi connectivity index (χ0n) is 13.5. The van der Waals surface area contributed by atoms with Crippen molar-refractivity contribution in [2.45, 2.75) is 25.4 Å². The lowest BCUT2D eigenvalue weighted by atomic mass is 9.90. The Morgan fingerprint density at radius 3 is 2.73 bits per heavy atom. The van der Waals surface area contributed by atoms with Crippen LogP contribution in [0.15, 0.2) is 33.9 Å². The number of alkyl halides is 2. The van der Waals surface area contributed by atoms with Gasteiger partial charge < -0.3 is 10.5 Å². The second-order valence-corrected chi connectivity index (χ2v) is 6.24. The van der Waals surface area contributed by atoms with Crippen LogP contribution in [0.1, 0.15) is 23.0 Å². The average molecular weight is 435 g/mol. The number of nitroso groups, excluding NO2 is 1. The Balaban J connectivity index is 2.54. The Morgan fingerprint density at radius 2 is 2.15 bits per heavy atom. The van der Waals surface area contributed by atoms with Gasteiger partial charge in [-0.05, 0) is 30.3 Å². The highest BCUT2D eigenvalue weighted by Crippen LogP contribution is 2.32. The molecule has 2 aromatic rings. The maximum absolute atomic E-state index is 14.2. The fraction of sp³-hybridized carbons (Fsp3) is 0.333. The van der Waals surface area contributed by atoms with E-state index >= 15 is 0 Å². The lowest BCUT2D eigenvalue weighted by Crippen LogP contribution is -2.49. The lowest BCUT2D eigenvalue weighted by Gasteiger charge is -2.30. The van der Waals surface area contributed by atoms with E-state index in [4.69, 9.17) is 10.5 Å². The third-order valence-electron chi connectivity index (χ3n) is 3.58. The number of ether oxygens (including phenoxy) is 1. The van der Waals surface area contributed by atoms with E-state index in [-0.39, 0.29) is 12.3 Å². The zero-order valence-corrected chi connectivity index (χ0v) is 15.0. The number of carbonyl (C=O) groups excluding carboxylic acids is 1. The first kappa shape index (κ1) is 20.0. The van der Waals surface area contributed by atoms with Crippen molar-refractivity contribution in [3.63, 3.8) is 0 Å². The third kappa shape index (κ3) is 3.93. The Morgan fingerprint density at radius 1 is 1.46 bits per heavy atom. The number of nitrogens with two attached hydrogens (primary N) is 1. The second-order valence-electron chi connectivity index (χ2n) is 5.32. The normalized spacial score (nSPS) is 13.5. The maximum Gasteiger partial charge on any atom is 0.356 e. The van der Waals surface area contributed by atoms with Crippen LogP contribution in [0.3, 0.4) is 0 Å². The van der Waals surface area contributed by atoms with Crippen molar-refractivity contribution in [2.24, 2.45) is 10.9 Å². The summed E-state index contributed by atoms with van der Waals surface area (Å²) < 4.78 is 47.6. The molecule has 0 aliphatic rings. The Bertz CT molecular complexity index is 830. The molecular formula is C15H14BrF3N4O3. The number of benzene rings is 1. The molecule has 11 heteroatoms. The highest BCUT2D eigenvalue weighted by atomic mass is 79.9. The van der Waals surface area contributed by atoms with Gasteiger partial charge in [-0.25, -0.2) is 18.0 Å². The van der Waals surface area contributed by atoms with E-state index in [9.17, 15) is 22.9 Å². The lowest BCUT2D eigenvalue weighted by molar-refractivity contribution is 0.0336. The van der Waals surface area contributed by atoms with Crippen molar-refractivity contribution < 1.29 is 22.7 Å². The number of nitrogens with zero attached hydrogens (tertiary/aromatic N) is 3. The van der Waals surface area contributed by atoms with Crippen molar-refractivity contribution in [3.05, 3.63) is 50.7 Å². The highest BCUT2D eigenvalue weighted by molar-refractivity contribution is 9.10. The minimum atomic E-state index is -3.21. The van der Waals surface area contributed by atoms with Gasteiger partial charge in [0.15, 0.2) is 0 Å². The van der Waals surface area contributed by atoms with E-state index in [0.29, 0.717) is 4.47 Å². The molecule has 2 N–H and O–H groups in total. The van der Waals surface area contributed by atoms with Crippen LogP contribution < -0.4 is 5.73 Å². The number of carbonyl (C=O) groups is 1. The SMILES string of the molecule is CCOC(=O)c1cc(N=O)nn1C[C@](N)(c1cc(Br)ccc1F)C(F)F. The predicted molar refractivity (Wildman–Crippen MR) is 89.6 cm³/mol. The summed E-state index contributed by atoms with van der Waals surface area (Å²) in [7, 11) is 0. The number of halogens is 4. The number of aromatic nitrogens is 2. The Kier molecular flexibility index (Phi) is 6.13. The molecule has 0 saturated carbocycles. The van der Waals surface area contributed by atoms with Gasteiger partial charge in [0.25, 0.3) is 6.43 Å². The summed E-state index contributed by atoms with van der Waals surface area (Å²) in [5.41, 5.74) is 2.52. The minimum Gasteiger partial charge on any atom is -0.461 e. The van der Waals surface area contributed by atoms with E-state index in [0.717, 1.165) is 22.9 Å². The van der Waals surface area contributed by atoms with Crippen molar-refractivity contribution in [1.29, 1.82) is 0 Å². The molecule has 0 aliphatic heterocycles. The van der Waals surface area contributed by atoms with Crippen LogP contribution in [0.5, 0.6) is 0 Å². The smallest absolute Gasteiger partial charge is 0.356 e. The molecule has 0 fully saturated rings. The predicted octanol–water partition coefficient (Wildman–Crippen LogP) is 3.48. The van der Waals surface area contributed by atoms with Gasteiger partial charge >= 0.3 is 5.97 Å². The van der Waals surface area contributed by atoms with Crippen molar-refractivity contribution >= 4 is 27.7 Å². The van der Waals surface area contributed by atoms with Gasteiger partial charge in [0.2, 0.25) is 5.82 Å². The van der Waals surface area contributed by atoms with Crippen molar-refractivity contribution in [2.75, 3.05) is 6.61 Å². The first-order valence-corrected chi connectivity index (χ1v) is 8.13. The molecule has 2 rings (SSSR count). The summed E-state index contributed by atoms with van der Waals surface area (Å²) >= 11 is 3.08. The van der Waals surface area contributed by atoms with Gasteiger partial charge in [0.1, 0.15) is 17.1 Å². The molecule has 0 unspecified atom stereocenters. The molecule has 1 atom stereocenters. The highest BCUT2D eigenvalue weighted by Gasteiger charge is 2.42. The summed E-state index contributed by atoms with van der Waals surface area (Å²) in [4.78, 5) is 22.7. The van der Waals surface area contributed by atoms with Gasteiger partial charge in [-0.2, -0.15) is 0 Å². The van der Waals surface area contributed by atoms with Crippen molar-refractivity contribution in [1.82, 2.24) is 9.78 Å². The van der Waals surface area contributed by atoms with E-state index in [1.807, 2.05) is 0 Å². The number of esters is 1. The standard InChI is InChI=1S/C15H14BrF3N4O3/c1-2-26-13(24)11-6-12(22-25)21-23(11)7-15(20,14(18)19)9-5-8(16)3-4-10(9)17/h3-6,14H,2,7,20H2,1H3/t15-/m0/s1. The summed E-state index contributed by atoms with van der Waals surface area (Å²) in [5.74, 6) is -2.27. The molecule has 7 nitrogen and oxygen atoms in total. The molecule has 0 spiro atoms. The molecule has 0 saturated heterocycles. The van der Waals surface area contributed by atoms with Crippen LogP contribution in [0, 0.1) is 10.7 Å². The van der Waals surface area contributed by atoms with Crippen LogP contribution in [0.4, 0.5) is 19.0 Å². The Labute approximate surface area is 154 Å². The average Bonchev–Trinajstić information content (AvgIpc) is 2.99. The van der Waals surface area contributed by atoms with Gasteiger partial charge in [0.05, 0.1) is 13.2 Å². The molecule has 26 heavy (non-hydrogen) atoms. The molecular weight excluding hydrogens is 421 g/mol. The van der Waals surface area contributed by atoms with Gasteiger partial charge in [-0.3, -0.25) is 4.68 Å². The summed E-state index contributed by atoms with van der Waals surface area (Å²) in [6, 6.07) is 4.41. The van der Waals surface area contributed by atoms with E-state index in [2.05, 4.69) is 26.2 Å². The molecule has 0 bridgehead atoms. The first-order chi connectivity index (χ1) is 12.2. The van der Waals surface area contributed by atoms with E-state index in [1.54, 1.807) is 6.92 Å². The quantitative estimate of drug-likeness (QED) is 0.531. The maximum atomic E-state index is 14.2. The summed E-state index contributed by atoms with van der Waals surface area (Å²) in [6.07, 6.45) is -3.21. The minimum absolute atomic E-state index is 0.0107. The van der Waals surface area contributed by atoms with Crippen LogP contribution in [0.25, 0.3) is 0 Å². The Hall–Kier alpha value is -2.27. The second kappa shape index (κ2) is 7.96. The summed E-state index contributed by atoms with van der Waals surface area (Å²) in [5, 5.41) is 6.24. The summed E-state index contributed by atoms with van der Waals surface area (Å²) in [6.45, 7) is 0.763. The van der Waals surface area contributed by atoms with E-state index in [1.165, 1.54) is 6.07 Å². The largest absolute Gasteiger partial charge is 0.461 e. The fourth-order valence-corrected chi connectivity index (χ4v) is 2.67. The number of hydrogen-bond donors (Lipinski definition) is 1. The monoisotopic (exact) mass is 434 g/mol. The van der Waals surface area contributed by atoms with Gasteiger partial charge in [-0.15, -0.1) is 10.0 Å². The molecule has 1 aromatic carbocycles. The molecule has 0 radical (unpaired) electrons. The topological polar surface area (TPSA) is 99.6 Å². The molecule has 1 aromatic heterocycles. The molecule has 140 valence electrons. The third-order valence-corrected chi connectivity index (χ3v) is 4.07. The van der Waals surface area contributed by atoms with Crippen LogP contribution in [-0.4, -0.2) is 28.8 Å². The van der Waals surface area contributed by atoms with Crippen LogP contribution in [-0.2, 0) is 16.8 Å². The molecule has 0 aliphatic carbocycles. The van der Waals surface area contributed by atoms with E-state index < -0.39 is 41.7 Å².